The highest BCUT2D eigenvalue weighted by Crippen LogP contribution is 2.30. The van der Waals surface area contributed by atoms with Crippen molar-refractivity contribution < 1.29 is 22.8 Å². The van der Waals surface area contributed by atoms with Crippen molar-refractivity contribution in [3.8, 4) is 5.75 Å². The first-order chi connectivity index (χ1) is 7.74. The molecule has 0 aliphatic carbocycles. The van der Waals surface area contributed by atoms with Crippen LogP contribution in [0.1, 0.15) is 11.3 Å². The molecule has 17 heavy (non-hydrogen) atoms. The topological polar surface area (TPSA) is 91.3 Å². The van der Waals surface area contributed by atoms with Gasteiger partial charge in [0.1, 0.15) is 0 Å². The van der Waals surface area contributed by atoms with Crippen molar-refractivity contribution in [1.82, 2.24) is 4.98 Å². The molecule has 0 saturated heterocycles. The Morgan fingerprint density at radius 1 is 1.59 bits per heavy atom. The van der Waals surface area contributed by atoms with E-state index in [1.54, 1.807) is 0 Å². The highest BCUT2D eigenvalue weighted by atomic mass is 19.4. The number of hydrogen-bond acceptors (Lipinski definition) is 5. The van der Waals surface area contributed by atoms with Crippen LogP contribution in [-0.2, 0) is 6.54 Å². The van der Waals surface area contributed by atoms with Gasteiger partial charge in [-0.1, -0.05) is 0 Å². The number of nitro groups is 1. The van der Waals surface area contributed by atoms with Crippen molar-refractivity contribution >= 4 is 5.82 Å². The monoisotopic (exact) mass is 251 g/mol. The van der Waals surface area contributed by atoms with E-state index in [2.05, 4.69) is 9.72 Å². The lowest BCUT2D eigenvalue weighted by Crippen LogP contribution is -2.20. The van der Waals surface area contributed by atoms with Gasteiger partial charge in [0.25, 0.3) is 0 Å². The van der Waals surface area contributed by atoms with Crippen molar-refractivity contribution in [2.75, 3.05) is 0 Å². The maximum Gasteiger partial charge on any atom is 0.573 e. The second-order valence-electron chi connectivity index (χ2n) is 3.08. The summed E-state index contributed by atoms with van der Waals surface area (Å²) in [6.45, 7) is 0.850. The molecule has 2 N–H and O–H groups in total. The number of pyridine rings is 1. The first kappa shape index (κ1) is 13.2. The minimum Gasteiger partial charge on any atom is -0.401 e. The van der Waals surface area contributed by atoms with Gasteiger partial charge in [0.05, 0.1) is 6.54 Å². The Kier molecular flexibility index (Phi) is 3.51. The predicted octanol–water partition coefficient (Wildman–Crippen LogP) is 1.66. The molecule has 1 aromatic heterocycles. The number of ether oxygens (including phenoxy) is 1. The number of alkyl halides is 3. The van der Waals surface area contributed by atoms with E-state index in [0.717, 1.165) is 6.07 Å². The largest absolute Gasteiger partial charge is 0.573 e. The van der Waals surface area contributed by atoms with Crippen molar-refractivity contribution in [3.63, 3.8) is 0 Å². The molecule has 0 spiro atoms. The molecule has 0 fully saturated rings. The minimum absolute atomic E-state index is 0.0514. The Balaban J connectivity index is 3.26. The van der Waals surface area contributed by atoms with Gasteiger partial charge < -0.3 is 20.6 Å². The van der Waals surface area contributed by atoms with Gasteiger partial charge in [-0.25, -0.2) is 0 Å². The fraction of sp³-hybridized carbons (Fsp3) is 0.375. The summed E-state index contributed by atoms with van der Waals surface area (Å²) in [5, 5.41) is 10.5. The average Bonchev–Trinajstić information content (AvgIpc) is 2.18. The van der Waals surface area contributed by atoms with Gasteiger partial charge in [0, 0.05) is 11.6 Å². The Bertz CT molecular complexity index is 448. The maximum atomic E-state index is 12.1. The van der Waals surface area contributed by atoms with Crippen LogP contribution in [0, 0.1) is 17.0 Å². The Hall–Kier alpha value is -1.90. The Labute approximate surface area is 93.3 Å². The van der Waals surface area contributed by atoms with E-state index in [-0.39, 0.29) is 11.3 Å². The summed E-state index contributed by atoms with van der Waals surface area (Å²) in [7, 11) is 0. The number of rotatable bonds is 3. The zero-order valence-corrected chi connectivity index (χ0v) is 8.61. The zero-order chi connectivity index (χ0) is 13.2. The van der Waals surface area contributed by atoms with Gasteiger partial charge in [-0.2, -0.15) is 0 Å². The van der Waals surface area contributed by atoms with Crippen LogP contribution in [0.25, 0.3) is 0 Å². The van der Waals surface area contributed by atoms with Crippen LogP contribution < -0.4 is 10.5 Å². The molecule has 0 unspecified atom stereocenters. The second kappa shape index (κ2) is 4.53. The highest BCUT2D eigenvalue weighted by Gasteiger charge is 2.34. The molecular weight excluding hydrogens is 243 g/mol. The van der Waals surface area contributed by atoms with Gasteiger partial charge in [-0.15, -0.1) is 13.2 Å². The van der Waals surface area contributed by atoms with E-state index in [0.29, 0.717) is 0 Å². The van der Waals surface area contributed by atoms with Crippen LogP contribution in [0.15, 0.2) is 6.07 Å². The van der Waals surface area contributed by atoms with E-state index >= 15 is 0 Å². The SMILES string of the molecule is Cc1cc([N+](=O)[O-])nc(CN)c1OC(F)(F)F. The highest BCUT2D eigenvalue weighted by molar-refractivity contribution is 5.42. The molecule has 0 saturated carbocycles. The minimum atomic E-state index is -4.90. The molecule has 0 aliphatic rings. The van der Waals surface area contributed by atoms with Gasteiger partial charge >= 0.3 is 12.2 Å². The molecule has 0 aliphatic heterocycles. The zero-order valence-electron chi connectivity index (χ0n) is 8.61. The molecule has 1 aromatic rings. The third-order valence-electron chi connectivity index (χ3n) is 1.81. The van der Waals surface area contributed by atoms with Gasteiger partial charge in [0.15, 0.2) is 5.75 Å². The summed E-state index contributed by atoms with van der Waals surface area (Å²) >= 11 is 0. The summed E-state index contributed by atoms with van der Waals surface area (Å²) in [4.78, 5) is 13.0. The second-order valence-corrected chi connectivity index (χ2v) is 3.08. The first-order valence-corrected chi connectivity index (χ1v) is 4.35. The molecule has 94 valence electrons. The van der Waals surface area contributed by atoms with E-state index < -0.39 is 29.4 Å². The summed E-state index contributed by atoms with van der Waals surface area (Å²) in [6.07, 6.45) is -4.90. The standard InChI is InChI=1S/C8H8F3N3O3/c1-4-2-6(14(15)16)13-5(3-12)7(4)17-8(9,10)11/h2H,3,12H2,1H3. The normalized spacial score (nSPS) is 11.4. The summed E-state index contributed by atoms with van der Waals surface area (Å²) < 4.78 is 39.9. The number of nitrogens with zero attached hydrogens (tertiary/aromatic N) is 2. The van der Waals surface area contributed by atoms with E-state index in [1.165, 1.54) is 6.92 Å². The fourth-order valence-electron chi connectivity index (χ4n) is 1.20. The smallest absolute Gasteiger partial charge is 0.401 e. The fourth-order valence-corrected chi connectivity index (χ4v) is 1.20. The van der Waals surface area contributed by atoms with Crippen LogP contribution in [0.3, 0.4) is 0 Å². The first-order valence-electron chi connectivity index (χ1n) is 4.35. The van der Waals surface area contributed by atoms with Crippen LogP contribution in [0.4, 0.5) is 19.0 Å². The van der Waals surface area contributed by atoms with E-state index in [4.69, 9.17) is 5.73 Å². The molecule has 0 aromatic carbocycles. The predicted molar refractivity (Wildman–Crippen MR) is 50.2 cm³/mol. The molecule has 9 heteroatoms. The molecule has 1 heterocycles. The maximum absolute atomic E-state index is 12.1. The van der Waals surface area contributed by atoms with Crippen LogP contribution in [-0.4, -0.2) is 16.3 Å². The van der Waals surface area contributed by atoms with Crippen molar-refractivity contribution in [2.24, 2.45) is 5.73 Å². The van der Waals surface area contributed by atoms with E-state index in [1.807, 2.05) is 0 Å². The van der Waals surface area contributed by atoms with Crippen LogP contribution in [0.2, 0.25) is 0 Å². The van der Waals surface area contributed by atoms with E-state index in [9.17, 15) is 23.3 Å². The van der Waals surface area contributed by atoms with Crippen molar-refractivity contribution in [3.05, 3.63) is 27.4 Å². The van der Waals surface area contributed by atoms with Crippen LogP contribution in [0.5, 0.6) is 5.75 Å². The third kappa shape index (κ3) is 3.28. The quantitative estimate of drug-likeness (QED) is 0.651. The summed E-state index contributed by atoms with van der Waals surface area (Å²) in [5.41, 5.74) is 4.81. The summed E-state index contributed by atoms with van der Waals surface area (Å²) in [6, 6.07) is 0.889. The Morgan fingerprint density at radius 3 is 2.59 bits per heavy atom. The number of aromatic nitrogens is 1. The number of halogens is 3. The lowest BCUT2D eigenvalue weighted by atomic mass is 10.2. The molecule has 0 amide bonds. The third-order valence-corrected chi connectivity index (χ3v) is 1.81. The summed E-state index contributed by atoms with van der Waals surface area (Å²) in [5.74, 6) is -1.16. The molecule has 0 bridgehead atoms. The Morgan fingerprint density at radius 2 is 2.18 bits per heavy atom. The number of hydrogen-bond donors (Lipinski definition) is 1. The molecular formula is C8H8F3N3O3. The lowest BCUT2D eigenvalue weighted by molar-refractivity contribution is -0.389. The van der Waals surface area contributed by atoms with Crippen molar-refractivity contribution in [2.45, 2.75) is 19.8 Å². The number of aryl methyl sites for hydroxylation is 1. The molecule has 0 radical (unpaired) electrons. The van der Waals surface area contributed by atoms with Gasteiger partial charge in [0.2, 0.25) is 5.69 Å². The number of nitrogens with two attached hydrogens (primary N) is 1. The molecule has 1 rings (SSSR count). The van der Waals surface area contributed by atoms with Crippen molar-refractivity contribution in [1.29, 1.82) is 0 Å². The van der Waals surface area contributed by atoms with Gasteiger partial charge in [-0.05, 0) is 16.8 Å². The van der Waals surface area contributed by atoms with Crippen LogP contribution >= 0.6 is 0 Å². The lowest BCUT2D eigenvalue weighted by Gasteiger charge is -2.11. The molecule has 0 atom stereocenters. The van der Waals surface area contributed by atoms with Gasteiger partial charge in [-0.3, -0.25) is 0 Å². The average molecular weight is 251 g/mol. The molecule has 6 nitrogen and oxygen atoms in total.